The normalized spacial score (nSPS) is 13.7. The lowest BCUT2D eigenvalue weighted by molar-refractivity contribution is -0.140. The fraction of sp³-hybridized carbons (Fsp3) is 0.467. The summed E-state index contributed by atoms with van der Waals surface area (Å²) in [6.45, 7) is 6.77. The van der Waals surface area contributed by atoms with Gasteiger partial charge in [0.05, 0.1) is 24.3 Å². The lowest BCUT2D eigenvalue weighted by Gasteiger charge is -2.23. The van der Waals surface area contributed by atoms with Crippen LogP contribution in [-0.2, 0) is 9.53 Å². The third-order valence-corrected chi connectivity index (χ3v) is 2.79. The van der Waals surface area contributed by atoms with E-state index in [9.17, 15) is 9.90 Å². The minimum Gasteiger partial charge on any atom is -0.378 e. The monoisotopic (exact) mass is 276 g/mol. The minimum atomic E-state index is -1.61. The first-order valence-electron chi connectivity index (χ1n) is 6.42. The molecule has 0 radical (unpaired) electrons. The first kappa shape index (κ1) is 16.2. The molecule has 1 aromatic rings. The zero-order valence-electron chi connectivity index (χ0n) is 12.2. The number of anilines is 1. The molecule has 0 fully saturated rings. The fourth-order valence-corrected chi connectivity index (χ4v) is 1.53. The molecule has 0 spiro atoms. The Bertz CT molecular complexity index is 530. The van der Waals surface area contributed by atoms with Gasteiger partial charge in [0.25, 0.3) is 5.91 Å². The minimum absolute atomic E-state index is 0.0635. The van der Waals surface area contributed by atoms with Crippen LogP contribution >= 0.6 is 0 Å². The molecule has 0 aliphatic carbocycles. The van der Waals surface area contributed by atoms with Gasteiger partial charge in [0.1, 0.15) is 0 Å². The number of rotatable bonds is 5. The molecule has 1 unspecified atom stereocenters. The van der Waals surface area contributed by atoms with Crippen LogP contribution in [0.2, 0.25) is 0 Å². The van der Waals surface area contributed by atoms with Crippen molar-refractivity contribution in [3.63, 3.8) is 0 Å². The number of nitrogens with zero attached hydrogens (tertiary/aromatic N) is 1. The van der Waals surface area contributed by atoms with Crippen LogP contribution in [0, 0.1) is 18.3 Å². The molecule has 1 rings (SSSR count). The molecule has 1 amide bonds. The van der Waals surface area contributed by atoms with Crippen molar-refractivity contribution in [2.24, 2.45) is 0 Å². The maximum absolute atomic E-state index is 12.0. The summed E-state index contributed by atoms with van der Waals surface area (Å²) in [5, 5.41) is 21.5. The molecule has 0 saturated carbocycles. The van der Waals surface area contributed by atoms with E-state index >= 15 is 0 Å². The van der Waals surface area contributed by atoms with Crippen molar-refractivity contribution in [2.75, 3.05) is 11.9 Å². The molecule has 0 aliphatic heterocycles. The predicted octanol–water partition coefficient (Wildman–Crippen LogP) is 1.98. The number of benzene rings is 1. The van der Waals surface area contributed by atoms with Crippen molar-refractivity contribution in [1.82, 2.24) is 0 Å². The molecular formula is C15H20N2O3. The average molecular weight is 276 g/mol. The lowest BCUT2D eigenvalue weighted by atomic mass is 10.1. The van der Waals surface area contributed by atoms with Crippen molar-refractivity contribution >= 4 is 11.6 Å². The second kappa shape index (κ2) is 6.51. The van der Waals surface area contributed by atoms with Crippen molar-refractivity contribution < 1.29 is 14.6 Å². The number of hydrogen-bond acceptors (Lipinski definition) is 4. The smallest absolute Gasteiger partial charge is 0.258 e. The van der Waals surface area contributed by atoms with Gasteiger partial charge >= 0.3 is 0 Å². The number of nitriles is 1. The molecule has 1 atom stereocenters. The van der Waals surface area contributed by atoms with E-state index < -0.39 is 11.5 Å². The first-order valence-corrected chi connectivity index (χ1v) is 6.42. The Hall–Kier alpha value is -1.90. The largest absolute Gasteiger partial charge is 0.378 e. The summed E-state index contributed by atoms with van der Waals surface area (Å²) in [6, 6.07) is 7.00. The van der Waals surface area contributed by atoms with Crippen LogP contribution in [0.4, 0.5) is 5.69 Å². The summed E-state index contributed by atoms with van der Waals surface area (Å²) >= 11 is 0. The van der Waals surface area contributed by atoms with E-state index in [1.807, 2.05) is 13.8 Å². The Morgan fingerprint density at radius 3 is 2.70 bits per heavy atom. The highest BCUT2D eigenvalue weighted by Gasteiger charge is 2.31. The van der Waals surface area contributed by atoms with Gasteiger partial charge in [-0.05, 0) is 51.5 Å². The first-order chi connectivity index (χ1) is 9.26. The SMILES string of the molecule is Cc1cc(NC(=O)C(C)(O)COC(C)C)ccc1C#N. The Morgan fingerprint density at radius 1 is 1.55 bits per heavy atom. The van der Waals surface area contributed by atoms with Gasteiger partial charge in [-0.25, -0.2) is 0 Å². The number of aliphatic hydroxyl groups is 1. The van der Waals surface area contributed by atoms with Gasteiger partial charge in [-0.15, -0.1) is 0 Å². The van der Waals surface area contributed by atoms with Crippen molar-refractivity contribution in [2.45, 2.75) is 39.4 Å². The zero-order valence-corrected chi connectivity index (χ0v) is 12.2. The van der Waals surface area contributed by atoms with Gasteiger partial charge in [-0.3, -0.25) is 4.79 Å². The maximum atomic E-state index is 12.0. The summed E-state index contributed by atoms with van der Waals surface area (Å²) in [5.41, 5.74) is 0.254. The second-order valence-electron chi connectivity index (χ2n) is 5.23. The zero-order chi connectivity index (χ0) is 15.3. The molecule has 0 bridgehead atoms. The quantitative estimate of drug-likeness (QED) is 0.861. The highest BCUT2D eigenvalue weighted by atomic mass is 16.5. The van der Waals surface area contributed by atoms with E-state index in [0.717, 1.165) is 5.56 Å². The van der Waals surface area contributed by atoms with Crippen LogP contribution in [0.25, 0.3) is 0 Å². The molecule has 5 nitrogen and oxygen atoms in total. The van der Waals surface area contributed by atoms with E-state index in [4.69, 9.17) is 10.00 Å². The second-order valence-corrected chi connectivity index (χ2v) is 5.23. The summed E-state index contributed by atoms with van der Waals surface area (Å²) < 4.78 is 5.27. The molecule has 20 heavy (non-hydrogen) atoms. The molecule has 0 aliphatic rings. The summed E-state index contributed by atoms with van der Waals surface area (Å²) in [4.78, 5) is 12.0. The number of ether oxygens (including phenoxy) is 1. The van der Waals surface area contributed by atoms with Crippen LogP contribution in [0.3, 0.4) is 0 Å². The predicted molar refractivity (Wildman–Crippen MR) is 76.2 cm³/mol. The maximum Gasteiger partial charge on any atom is 0.258 e. The van der Waals surface area contributed by atoms with Crippen LogP contribution in [-0.4, -0.2) is 29.3 Å². The van der Waals surface area contributed by atoms with Crippen LogP contribution < -0.4 is 5.32 Å². The standard InChI is InChI=1S/C15H20N2O3/c1-10(2)20-9-15(4,19)14(18)17-13-6-5-12(8-16)11(3)7-13/h5-7,10,19H,9H2,1-4H3,(H,17,18). The molecule has 108 valence electrons. The molecule has 5 heteroatoms. The molecule has 0 saturated heterocycles. The third-order valence-electron chi connectivity index (χ3n) is 2.79. The topological polar surface area (TPSA) is 82.3 Å². The van der Waals surface area contributed by atoms with Crippen LogP contribution in [0.1, 0.15) is 31.9 Å². The van der Waals surface area contributed by atoms with E-state index in [0.29, 0.717) is 11.3 Å². The van der Waals surface area contributed by atoms with E-state index in [1.54, 1.807) is 25.1 Å². The molecule has 0 aromatic heterocycles. The van der Waals surface area contributed by atoms with Crippen molar-refractivity contribution in [3.8, 4) is 6.07 Å². The summed E-state index contributed by atoms with van der Waals surface area (Å²) in [5.74, 6) is -0.540. The molecular weight excluding hydrogens is 256 g/mol. The molecule has 1 aromatic carbocycles. The van der Waals surface area contributed by atoms with Gasteiger partial charge in [-0.2, -0.15) is 5.26 Å². The highest BCUT2D eigenvalue weighted by molar-refractivity contribution is 5.97. The van der Waals surface area contributed by atoms with Gasteiger partial charge in [-0.1, -0.05) is 0 Å². The number of hydrogen-bond donors (Lipinski definition) is 2. The molecule has 0 heterocycles. The Morgan fingerprint density at radius 2 is 2.20 bits per heavy atom. The Balaban J connectivity index is 2.75. The van der Waals surface area contributed by atoms with Gasteiger partial charge in [0.2, 0.25) is 0 Å². The number of aryl methyl sites for hydroxylation is 1. The number of carbonyl (C=O) groups is 1. The van der Waals surface area contributed by atoms with Crippen LogP contribution in [0.5, 0.6) is 0 Å². The summed E-state index contributed by atoms with van der Waals surface area (Å²) in [7, 11) is 0. The number of amides is 1. The van der Waals surface area contributed by atoms with Gasteiger partial charge < -0.3 is 15.2 Å². The van der Waals surface area contributed by atoms with Gasteiger partial charge in [0.15, 0.2) is 5.60 Å². The summed E-state index contributed by atoms with van der Waals surface area (Å²) in [6.07, 6.45) is -0.0635. The third kappa shape index (κ3) is 4.34. The van der Waals surface area contributed by atoms with E-state index in [1.165, 1.54) is 6.92 Å². The van der Waals surface area contributed by atoms with Crippen molar-refractivity contribution in [1.29, 1.82) is 5.26 Å². The fourth-order valence-electron chi connectivity index (χ4n) is 1.53. The van der Waals surface area contributed by atoms with Crippen LogP contribution in [0.15, 0.2) is 18.2 Å². The Labute approximate surface area is 119 Å². The Kier molecular flexibility index (Phi) is 5.26. The number of carbonyl (C=O) groups excluding carboxylic acids is 1. The van der Waals surface area contributed by atoms with E-state index in [-0.39, 0.29) is 12.7 Å². The average Bonchev–Trinajstić information content (AvgIpc) is 2.36. The number of nitrogens with one attached hydrogen (secondary N) is 1. The van der Waals surface area contributed by atoms with E-state index in [2.05, 4.69) is 11.4 Å². The lowest BCUT2D eigenvalue weighted by Crippen LogP contribution is -2.44. The molecule has 2 N–H and O–H groups in total. The highest BCUT2D eigenvalue weighted by Crippen LogP contribution is 2.16. The van der Waals surface area contributed by atoms with Gasteiger partial charge in [0, 0.05) is 5.69 Å². The van der Waals surface area contributed by atoms with Crippen molar-refractivity contribution in [3.05, 3.63) is 29.3 Å².